The second-order valence-corrected chi connectivity index (χ2v) is 7.59. The van der Waals surface area contributed by atoms with Gasteiger partial charge in [-0.05, 0) is 39.8 Å². The summed E-state index contributed by atoms with van der Waals surface area (Å²) in [7, 11) is 1.51. The van der Waals surface area contributed by atoms with Crippen LogP contribution >= 0.6 is 0 Å². The van der Waals surface area contributed by atoms with E-state index in [1.165, 1.54) is 13.2 Å². The Morgan fingerprint density at radius 2 is 1.80 bits per heavy atom. The molecule has 0 bridgehead atoms. The van der Waals surface area contributed by atoms with Gasteiger partial charge >= 0.3 is 0 Å². The number of fused-ring (bicyclic) bond motifs is 2. The second kappa shape index (κ2) is 5.56. The Hall–Kier alpha value is -0.870. The van der Waals surface area contributed by atoms with Crippen LogP contribution in [0.2, 0.25) is 0 Å². The molecule has 1 unspecified atom stereocenters. The minimum atomic E-state index is -1.41. The Bertz CT molecular complexity index is 599. The first-order chi connectivity index (χ1) is 11.7. The molecule has 4 rings (SSSR count). The third-order valence-electron chi connectivity index (χ3n) is 4.89. The van der Waals surface area contributed by atoms with Gasteiger partial charge in [0.2, 0.25) is 0 Å². The highest BCUT2D eigenvalue weighted by atomic mass is 16.9. The number of rotatable bonds is 2. The third-order valence-corrected chi connectivity index (χ3v) is 4.89. The van der Waals surface area contributed by atoms with Crippen LogP contribution in [0.1, 0.15) is 27.7 Å². The predicted molar refractivity (Wildman–Crippen MR) is 82.4 cm³/mol. The van der Waals surface area contributed by atoms with Crippen LogP contribution in [0.15, 0.2) is 12.2 Å². The highest BCUT2D eigenvalue weighted by Gasteiger charge is 2.71. The zero-order valence-corrected chi connectivity index (χ0v) is 15.0. The molecule has 0 saturated carbocycles. The minimum Gasteiger partial charge on any atom is -0.352 e. The molecule has 3 saturated heterocycles. The molecule has 4 aliphatic heterocycles. The van der Waals surface area contributed by atoms with Crippen molar-refractivity contribution < 1.29 is 38.0 Å². The van der Waals surface area contributed by atoms with Gasteiger partial charge in [-0.15, -0.1) is 0 Å². The molecular formula is C17H24O8. The average Bonchev–Trinajstić information content (AvgIpc) is 3.12. The van der Waals surface area contributed by atoms with Crippen LogP contribution in [-0.4, -0.2) is 67.6 Å². The number of carbonyl (C=O) groups excluding carboxylic acids is 1. The molecular weight excluding hydrogens is 332 g/mol. The van der Waals surface area contributed by atoms with Crippen molar-refractivity contribution >= 4 is 5.78 Å². The number of methoxy groups -OCH3 is 1. The molecule has 25 heavy (non-hydrogen) atoms. The molecule has 3 fully saturated rings. The smallest absolute Gasteiger partial charge is 0.193 e. The zero-order valence-electron chi connectivity index (χ0n) is 15.0. The van der Waals surface area contributed by atoms with E-state index in [0.717, 1.165) is 0 Å². The fourth-order valence-electron chi connectivity index (χ4n) is 3.88. The first-order valence-corrected chi connectivity index (χ1v) is 8.43. The van der Waals surface area contributed by atoms with E-state index in [2.05, 4.69) is 0 Å². The Labute approximate surface area is 146 Å². The summed E-state index contributed by atoms with van der Waals surface area (Å²) >= 11 is 0. The molecule has 4 aliphatic rings. The minimum absolute atomic E-state index is 0.257. The van der Waals surface area contributed by atoms with Gasteiger partial charge in [-0.2, -0.15) is 0 Å². The van der Waals surface area contributed by atoms with E-state index >= 15 is 0 Å². The van der Waals surface area contributed by atoms with E-state index in [0.29, 0.717) is 0 Å². The van der Waals surface area contributed by atoms with Crippen LogP contribution in [0.4, 0.5) is 0 Å². The molecule has 8 nitrogen and oxygen atoms in total. The van der Waals surface area contributed by atoms with Crippen molar-refractivity contribution in [1.82, 2.24) is 0 Å². The standard InChI is InChI=1S/C17H24O8/c1-15(2)20-8-9(22-15)12-17(10(18)6-7-11(19-5)23-17)13-14(21-12)25-16(3,4)24-13/h6-7,9,11-14H,8H2,1-5H3/t9-,11?,12+,13-,14+,17+/m0/s1. The molecule has 8 heteroatoms. The molecule has 0 aliphatic carbocycles. The maximum Gasteiger partial charge on any atom is 0.193 e. The molecule has 0 aromatic carbocycles. The Morgan fingerprint density at radius 1 is 1.04 bits per heavy atom. The van der Waals surface area contributed by atoms with E-state index in [1.807, 2.05) is 13.8 Å². The molecule has 4 heterocycles. The van der Waals surface area contributed by atoms with Gasteiger partial charge in [0.1, 0.15) is 12.2 Å². The molecule has 0 aromatic rings. The third kappa shape index (κ3) is 2.68. The summed E-state index contributed by atoms with van der Waals surface area (Å²) in [6.45, 7) is 7.44. The van der Waals surface area contributed by atoms with Crippen molar-refractivity contribution in [3.63, 3.8) is 0 Å². The van der Waals surface area contributed by atoms with Gasteiger partial charge in [-0.3, -0.25) is 4.79 Å². The quantitative estimate of drug-likeness (QED) is 0.721. The van der Waals surface area contributed by atoms with Gasteiger partial charge in [-0.1, -0.05) is 0 Å². The van der Waals surface area contributed by atoms with Crippen molar-refractivity contribution in [2.24, 2.45) is 0 Å². The van der Waals surface area contributed by atoms with Gasteiger partial charge in [0.15, 0.2) is 41.6 Å². The monoisotopic (exact) mass is 356 g/mol. The van der Waals surface area contributed by atoms with Crippen molar-refractivity contribution in [3.8, 4) is 0 Å². The highest BCUT2D eigenvalue weighted by molar-refractivity contribution is 5.99. The molecule has 0 aromatic heterocycles. The van der Waals surface area contributed by atoms with Crippen LogP contribution < -0.4 is 0 Å². The second-order valence-electron chi connectivity index (χ2n) is 7.59. The predicted octanol–water partition coefficient (Wildman–Crippen LogP) is 0.881. The maximum absolute atomic E-state index is 13.0. The topological polar surface area (TPSA) is 81.7 Å². The van der Waals surface area contributed by atoms with E-state index in [4.69, 9.17) is 33.2 Å². The summed E-state index contributed by atoms with van der Waals surface area (Å²) in [5, 5.41) is 0. The lowest BCUT2D eigenvalue weighted by atomic mass is 9.83. The van der Waals surface area contributed by atoms with Crippen molar-refractivity contribution in [2.75, 3.05) is 13.7 Å². The number of hydrogen-bond acceptors (Lipinski definition) is 8. The molecule has 0 amide bonds. The molecule has 0 radical (unpaired) electrons. The largest absolute Gasteiger partial charge is 0.352 e. The van der Waals surface area contributed by atoms with Gasteiger partial charge in [0.05, 0.1) is 6.61 Å². The van der Waals surface area contributed by atoms with E-state index in [1.54, 1.807) is 19.9 Å². The zero-order chi connectivity index (χ0) is 18.0. The lowest BCUT2D eigenvalue weighted by Gasteiger charge is -2.41. The Kier molecular flexibility index (Phi) is 3.90. The molecule has 1 spiro atoms. The SMILES string of the molecule is COC1C=CC(=O)[C@@]2(O1)[C@@H]([C@@H]1COC(C)(C)O1)O[C@@H]1OC(C)(C)O[C@@H]12. The van der Waals surface area contributed by atoms with E-state index in [9.17, 15) is 4.79 Å². The summed E-state index contributed by atoms with van der Waals surface area (Å²) in [5.74, 6) is -1.90. The average molecular weight is 356 g/mol. The number of hydrogen-bond donors (Lipinski definition) is 0. The summed E-state index contributed by atoms with van der Waals surface area (Å²) in [5.41, 5.74) is -1.41. The van der Waals surface area contributed by atoms with E-state index in [-0.39, 0.29) is 12.4 Å². The normalized spacial score (nSPS) is 47.6. The van der Waals surface area contributed by atoms with Crippen molar-refractivity contribution in [3.05, 3.63) is 12.2 Å². The van der Waals surface area contributed by atoms with Gasteiger partial charge in [0, 0.05) is 7.11 Å². The van der Waals surface area contributed by atoms with E-state index < -0.39 is 48.1 Å². The van der Waals surface area contributed by atoms with Crippen LogP contribution in [0, 0.1) is 0 Å². The fourth-order valence-corrected chi connectivity index (χ4v) is 3.88. The maximum atomic E-state index is 13.0. The Morgan fingerprint density at radius 3 is 2.44 bits per heavy atom. The lowest BCUT2D eigenvalue weighted by Crippen LogP contribution is -2.63. The van der Waals surface area contributed by atoms with Crippen LogP contribution in [0.5, 0.6) is 0 Å². The van der Waals surface area contributed by atoms with Crippen molar-refractivity contribution in [1.29, 1.82) is 0 Å². The summed E-state index contributed by atoms with van der Waals surface area (Å²) in [6.07, 6.45) is -0.374. The number of ketones is 1. The number of carbonyl (C=O) groups is 1. The van der Waals surface area contributed by atoms with Gasteiger partial charge in [0.25, 0.3) is 0 Å². The van der Waals surface area contributed by atoms with Crippen LogP contribution in [-0.2, 0) is 38.0 Å². The summed E-state index contributed by atoms with van der Waals surface area (Å²) in [4.78, 5) is 13.0. The molecule has 0 N–H and O–H groups in total. The first-order valence-electron chi connectivity index (χ1n) is 8.43. The first kappa shape index (κ1) is 17.5. The number of ether oxygens (including phenoxy) is 7. The Balaban J connectivity index is 1.72. The van der Waals surface area contributed by atoms with Crippen molar-refractivity contribution in [2.45, 2.75) is 75.8 Å². The molecule has 6 atom stereocenters. The van der Waals surface area contributed by atoms with Gasteiger partial charge in [-0.25, -0.2) is 0 Å². The summed E-state index contributed by atoms with van der Waals surface area (Å²) < 4.78 is 40.8. The van der Waals surface area contributed by atoms with Gasteiger partial charge < -0.3 is 33.2 Å². The lowest BCUT2D eigenvalue weighted by molar-refractivity contribution is -0.270. The van der Waals surface area contributed by atoms with Crippen LogP contribution in [0.25, 0.3) is 0 Å². The summed E-state index contributed by atoms with van der Waals surface area (Å²) in [6, 6.07) is 0. The molecule has 140 valence electrons. The van der Waals surface area contributed by atoms with Crippen LogP contribution in [0.3, 0.4) is 0 Å². The highest BCUT2D eigenvalue weighted by Crippen LogP contribution is 2.49. The fraction of sp³-hybridized carbons (Fsp3) is 0.824.